The molecule has 5 aromatic carbocycles. The second-order valence-corrected chi connectivity index (χ2v) is 19.6. The Morgan fingerprint density at radius 1 is 0.853 bits per heavy atom. The molecular formula is C53H55N3O11S. The summed E-state index contributed by atoms with van der Waals surface area (Å²) in [5.41, 5.74) is 7.33. The molecule has 1 unspecified atom stereocenters. The van der Waals surface area contributed by atoms with Crippen LogP contribution < -0.4 is 38.5 Å². The number of aliphatic hydroxyl groups is 1. The summed E-state index contributed by atoms with van der Waals surface area (Å²) in [5, 5.41) is 16.1. The molecule has 7 aliphatic rings. The lowest BCUT2D eigenvalue weighted by molar-refractivity contribution is -0.186. The molecule has 2 fully saturated rings. The Bertz CT molecular complexity index is 2810. The summed E-state index contributed by atoms with van der Waals surface area (Å²) in [5.74, 6) is 2.91. The van der Waals surface area contributed by atoms with Crippen LogP contribution in [0.5, 0.6) is 40.2 Å². The summed E-state index contributed by atoms with van der Waals surface area (Å²) in [6.07, 6.45) is 0.126. The molecule has 5 aromatic rings. The Labute approximate surface area is 399 Å². The van der Waals surface area contributed by atoms with Crippen LogP contribution in [0.25, 0.3) is 0 Å². The molecule has 7 heterocycles. The number of ether oxygens (including phenoxy) is 8. The van der Waals surface area contributed by atoms with E-state index < -0.39 is 47.1 Å². The molecule has 7 atom stereocenters. The SMILES string of the molecule is COc1cc2c(cc1OCc1ccccc1)CCN[C@]21CS[C@@H]2c3c(OC(C)=O)c(C)c4c(c3[C@@H](COC1=O)N1C2[C@H]2c3c(cc(C)c(OC)c3OCc3ccccc3)C[C@@H]([C@@H]1O)N2C)OCO4. The van der Waals surface area contributed by atoms with E-state index in [1.54, 1.807) is 26.0 Å². The molecule has 0 amide bonds. The first-order chi connectivity index (χ1) is 33.0. The first kappa shape index (κ1) is 44.5. The number of fused-ring (bicyclic) bond motifs is 9. The summed E-state index contributed by atoms with van der Waals surface area (Å²) in [4.78, 5) is 32.9. The van der Waals surface area contributed by atoms with Gasteiger partial charge in [0.2, 0.25) is 6.79 Å². The van der Waals surface area contributed by atoms with E-state index in [0.717, 1.165) is 44.5 Å². The molecule has 0 radical (unpaired) electrons. The lowest BCUT2D eigenvalue weighted by Gasteiger charge is -2.62. The number of methoxy groups -OCH3 is 2. The molecule has 0 aromatic heterocycles. The van der Waals surface area contributed by atoms with Crippen molar-refractivity contribution in [2.24, 2.45) is 0 Å². The molecule has 1 spiro atoms. The van der Waals surface area contributed by atoms with Crippen LogP contribution in [0.15, 0.2) is 78.9 Å². The van der Waals surface area contributed by atoms with Gasteiger partial charge in [-0.3, -0.25) is 19.9 Å². The number of carbonyl (C=O) groups excluding carboxylic acids is 2. The van der Waals surface area contributed by atoms with Crippen molar-refractivity contribution in [2.75, 3.05) is 47.0 Å². The predicted molar refractivity (Wildman–Crippen MR) is 253 cm³/mol. The second kappa shape index (κ2) is 17.5. The number of nitrogens with one attached hydrogen (secondary N) is 1. The maximum Gasteiger partial charge on any atom is 0.331 e. The fourth-order valence-electron chi connectivity index (χ4n) is 11.7. The molecule has 14 nitrogen and oxygen atoms in total. The lowest BCUT2D eigenvalue weighted by atomic mass is 9.73. The van der Waals surface area contributed by atoms with E-state index in [1.165, 1.54) is 6.92 Å². The van der Waals surface area contributed by atoms with Crippen molar-refractivity contribution in [3.63, 3.8) is 0 Å². The van der Waals surface area contributed by atoms with Gasteiger partial charge in [0.25, 0.3) is 0 Å². The Hall–Kier alpha value is -5.97. The van der Waals surface area contributed by atoms with Gasteiger partial charge in [0.15, 0.2) is 40.0 Å². The number of aryl methyl sites for hydroxylation is 1. The zero-order valence-corrected chi connectivity index (χ0v) is 39.8. The van der Waals surface area contributed by atoms with E-state index in [9.17, 15) is 9.90 Å². The van der Waals surface area contributed by atoms with Gasteiger partial charge in [-0.1, -0.05) is 66.7 Å². The van der Waals surface area contributed by atoms with Crippen LogP contribution in [0.3, 0.4) is 0 Å². The molecule has 15 heteroatoms. The maximum atomic E-state index is 15.2. The number of hydrogen-bond acceptors (Lipinski definition) is 15. The zero-order valence-electron chi connectivity index (χ0n) is 39.0. The largest absolute Gasteiger partial charge is 0.493 e. The van der Waals surface area contributed by atoms with Crippen molar-refractivity contribution in [1.82, 2.24) is 15.1 Å². The highest BCUT2D eigenvalue weighted by molar-refractivity contribution is 7.99. The van der Waals surface area contributed by atoms with Crippen LogP contribution >= 0.6 is 11.8 Å². The van der Waals surface area contributed by atoms with Crippen molar-refractivity contribution in [1.29, 1.82) is 0 Å². The van der Waals surface area contributed by atoms with E-state index >= 15 is 4.79 Å². The molecule has 354 valence electrons. The third-order valence-corrected chi connectivity index (χ3v) is 16.2. The van der Waals surface area contributed by atoms with Crippen molar-refractivity contribution in [3.8, 4) is 40.2 Å². The van der Waals surface area contributed by atoms with E-state index in [2.05, 4.69) is 28.2 Å². The van der Waals surface area contributed by atoms with Crippen molar-refractivity contribution < 1.29 is 52.6 Å². The molecule has 0 aliphatic carbocycles. The number of nitrogens with zero attached hydrogens (tertiary/aromatic N) is 2. The van der Waals surface area contributed by atoms with Crippen LogP contribution in [0.1, 0.15) is 79.9 Å². The quantitative estimate of drug-likeness (QED) is 0.114. The molecular weight excluding hydrogens is 887 g/mol. The third kappa shape index (κ3) is 7.07. The predicted octanol–water partition coefficient (Wildman–Crippen LogP) is 7.16. The first-order valence-electron chi connectivity index (χ1n) is 23.1. The Morgan fingerprint density at radius 3 is 2.28 bits per heavy atom. The van der Waals surface area contributed by atoms with Gasteiger partial charge in [-0.25, -0.2) is 4.79 Å². The number of carbonyl (C=O) groups is 2. The molecule has 7 aliphatic heterocycles. The topological polar surface area (TPSA) is 147 Å². The van der Waals surface area contributed by atoms with Gasteiger partial charge in [0.05, 0.1) is 37.6 Å². The first-order valence-corrected chi connectivity index (χ1v) is 24.2. The number of benzene rings is 5. The molecule has 2 saturated heterocycles. The molecule has 0 saturated carbocycles. The smallest absolute Gasteiger partial charge is 0.331 e. The lowest BCUT2D eigenvalue weighted by Crippen LogP contribution is -2.70. The van der Waals surface area contributed by atoms with Crippen LogP contribution in [0.2, 0.25) is 0 Å². The number of esters is 2. The van der Waals surface area contributed by atoms with E-state index in [0.29, 0.717) is 84.0 Å². The highest BCUT2D eigenvalue weighted by atomic mass is 32.2. The Morgan fingerprint density at radius 2 is 1.57 bits per heavy atom. The fourth-order valence-corrected chi connectivity index (χ4v) is 13.4. The minimum atomic E-state index is -1.34. The maximum absolute atomic E-state index is 15.2. The minimum Gasteiger partial charge on any atom is -0.493 e. The summed E-state index contributed by atoms with van der Waals surface area (Å²) in [6.45, 7) is 6.23. The normalized spacial score (nSPS) is 25.6. The Kier molecular flexibility index (Phi) is 11.5. The third-order valence-electron chi connectivity index (χ3n) is 14.7. The summed E-state index contributed by atoms with van der Waals surface area (Å²) in [7, 11) is 5.33. The van der Waals surface area contributed by atoms with Gasteiger partial charge in [0, 0.05) is 47.5 Å². The average molecular weight is 942 g/mol. The van der Waals surface area contributed by atoms with Crippen molar-refractivity contribution >= 4 is 23.7 Å². The number of likely N-dealkylation sites (N-methyl/N-ethyl adjacent to an activating group) is 1. The van der Waals surface area contributed by atoms with Gasteiger partial charge < -0.3 is 43.0 Å². The van der Waals surface area contributed by atoms with Crippen molar-refractivity contribution in [2.45, 2.75) is 88.0 Å². The van der Waals surface area contributed by atoms with Gasteiger partial charge in [0.1, 0.15) is 31.8 Å². The van der Waals surface area contributed by atoms with Crippen LogP contribution in [0.4, 0.5) is 0 Å². The molecule has 68 heavy (non-hydrogen) atoms. The molecule has 4 bridgehead atoms. The highest BCUT2D eigenvalue weighted by Gasteiger charge is 2.61. The zero-order chi connectivity index (χ0) is 47.0. The number of hydrogen-bond donors (Lipinski definition) is 2. The number of aliphatic hydroxyl groups excluding tert-OH is 1. The summed E-state index contributed by atoms with van der Waals surface area (Å²) >= 11 is 1.56. The van der Waals surface area contributed by atoms with E-state index in [1.807, 2.05) is 86.6 Å². The van der Waals surface area contributed by atoms with Gasteiger partial charge in [-0.05, 0) is 79.3 Å². The minimum absolute atomic E-state index is 0.0479. The fraction of sp³-hybridized carbons (Fsp3) is 0.396. The number of piperazine rings is 1. The van der Waals surface area contributed by atoms with Gasteiger partial charge >= 0.3 is 11.9 Å². The van der Waals surface area contributed by atoms with Gasteiger partial charge in [-0.15, -0.1) is 11.8 Å². The molecule has 2 N–H and O–H groups in total. The monoisotopic (exact) mass is 941 g/mol. The van der Waals surface area contributed by atoms with Crippen LogP contribution in [0, 0.1) is 13.8 Å². The number of rotatable bonds is 9. The Balaban J connectivity index is 1.10. The van der Waals surface area contributed by atoms with E-state index in [4.69, 9.17) is 37.9 Å². The van der Waals surface area contributed by atoms with E-state index in [-0.39, 0.29) is 25.2 Å². The second-order valence-electron chi connectivity index (χ2n) is 18.4. The highest BCUT2D eigenvalue weighted by Crippen LogP contribution is 2.64. The number of thioether (sulfide) groups is 1. The van der Waals surface area contributed by atoms with Gasteiger partial charge in [-0.2, -0.15) is 0 Å². The molecule has 12 rings (SSSR count). The standard InChI is InChI=1S/C53H55N3O11S/c1-28-19-34-20-36-51(58)56-37-25-64-52(59)53(35-22-38(60-5)39(21-33(35)17-18-54-53)62-23-31-13-9-7-10-14-31)26-68-50(42-41(37)49-47(65-27-66-49)29(2)46(42)67-30(3)57)44(56)43(55(36)4)40(34)48(45(28)61-6)63-24-32-15-11-8-12-16-32/h7-16,19,21-22,36-37,43-44,50-51,54,58H,17-18,20,23-27H2,1-6H3/t36-,37+,43+,44?,50+,51-,53+/m0/s1. The van der Waals surface area contributed by atoms with Crippen LogP contribution in [-0.2, 0) is 45.9 Å². The van der Waals surface area contributed by atoms with Crippen LogP contribution in [-0.4, -0.2) is 92.1 Å². The summed E-state index contributed by atoms with van der Waals surface area (Å²) in [6, 6.07) is 24.0. The van der Waals surface area contributed by atoms with Crippen molar-refractivity contribution in [3.05, 3.63) is 134 Å². The summed E-state index contributed by atoms with van der Waals surface area (Å²) < 4.78 is 50.9. The average Bonchev–Trinajstić information content (AvgIpc) is 3.84.